The highest BCUT2D eigenvalue weighted by Crippen LogP contribution is 2.37. The van der Waals surface area contributed by atoms with E-state index in [2.05, 4.69) is 15.6 Å². The van der Waals surface area contributed by atoms with E-state index in [1.54, 1.807) is 6.08 Å². The van der Waals surface area contributed by atoms with Gasteiger partial charge < -0.3 is 20.8 Å². The van der Waals surface area contributed by atoms with Gasteiger partial charge in [0, 0.05) is 64.9 Å². The lowest BCUT2D eigenvalue weighted by atomic mass is 10.0. The molecule has 0 aromatic carbocycles. The number of nitrogens with zero attached hydrogens (tertiary/aromatic N) is 1. The Morgan fingerprint density at radius 2 is 2.21 bits per heavy atom. The number of alkyl halides is 3. The third-order valence-corrected chi connectivity index (χ3v) is 4.67. The van der Waals surface area contributed by atoms with Crippen LogP contribution in [0.15, 0.2) is 30.2 Å². The number of ether oxygens (including phenoxy) is 1. The SMILES string of the molecule is N=CC(CNC(=O)c1ccnc(NC(=O)C2CC2)c1)C1C=C1OCC(F)(F)I. The fourth-order valence-corrected chi connectivity index (χ4v) is 2.74. The molecule has 7 nitrogen and oxygen atoms in total. The van der Waals surface area contributed by atoms with E-state index in [1.807, 2.05) is 0 Å². The highest BCUT2D eigenvalue weighted by atomic mass is 127. The highest BCUT2D eigenvalue weighted by Gasteiger charge is 2.36. The van der Waals surface area contributed by atoms with Gasteiger partial charge in [-0.05, 0) is 31.1 Å². The minimum absolute atomic E-state index is 0.0299. The number of anilines is 1. The van der Waals surface area contributed by atoms with Gasteiger partial charge in [0.2, 0.25) is 5.91 Å². The van der Waals surface area contributed by atoms with Gasteiger partial charge in [-0.2, -0.15) is 8.78 Å². The van der Waals surface area contributed by atoms with E-state index in [0.717, 1.165) is 41.6 Å². The molecule has 1 aromatic rings. The Balaban J connectivity index is 1.48. The van der Waals surface area contributed by atoms with Crippen LogP contribution in [0.1, 0.15) is 23.2 Å². The van der Waals surface area contributed by atoms with Crippen LogP contribution in [0.2, 0.25) is 0 Å². The number of amides is 2. The average Bonchev–Trinajstić information content (AvgIpc) is 3.54. The molecule has 150 valence electrons. The Labute approximate surface area is 174 Å². The van der Waals surface area contributed by atoms with Gasteiger partial charge in [-0.1, -0.05) is 0 Å². The van der Waals surface area contributed by atoms with Gasteiger partial charge in [0.05, 0.1) is 0 Å². The summed E-state index contributed by atoms with van der Waals surface area (Å²) in [6, 6.07) is 3.01. The lowest BCUT2D eigenvalue weighted by Crippen LogP contribution is -2.31. The number of hydrogen-bond donors (Lipinski definition) is 3. The number of carbonyl (C=O) groups is 2. The minimum atomic E-state index is -2.95. The number of aromatic nitrogens is 1. The molecular weight excluding hydrogens is 485 g/mol. The van der Waals surface area contributed by atoms with Gasteiger partial charge in [0.1, 0.15) is 11.6 Å². The molecule has 2 unspecified atom stereocenters. The molecule has 2 aliphatic rings. The number of halogens is 3. The molecule has 28 heavy (non-hydrogen) atoms. The summed E-state index contributed by atoms with van der Waals surface area (Å²) in [5.41, 5.74) is 0.328. The number of pyridine rings is 1. The quantitative estimate of drug-likeness (QED) is 0.259. The molecule has 0 radical (unpaired) electrons. The highest BCUT2D eigenvalue weighted by molar-refractivity contribution is 14.1. The third kappa shape index (κ3) is 5.94. The van der Waals surface area contributed by atoms with Crippen LogP contribution in [0.4, 0.5) is 14.6 Å². The van der Waals surface area contributed by atoms with Crippen molar-refractivity contribution in [2.24, 2.45) is 17.8 Å². The van der Waals surface area contributed by atoms with Crippen molar-refractivity contribution >= 4 is 46.4 Å². The molecule has 2 amide bonds. The molecular formula is C18H19F2IN4O3. The zero-order valence-electron chi connectivity index (χ0n) is 14.8. The van der Waals surface area contributed by atoms with Crippen molar-refractivity contribution in [3.63, 3.8) is 0 Å². The molecule has 0 saturated heterocycles. The molecule has 1 aromatic heterocycles. The summed E-state index contributed by atoms with van der Waals surface area (Å²) in [6.45, 7) is -0.567. The monoisotopic (exact) mass is 504 g/mol. The molecule has 3 N–H and O–H groups in total. The molecule has 1 saturated carbocycles. The van der Waals surface area contributed by atoms with Crippen LogP contribution in [-0.4, -0.2) is 40.1 Å². The molecule has 3 rings (SSSR count). The van der Waals surface area contributed by atoms with Crippen molar-refractivity contribution in [3.05, 3.63) is 35.7 Å². The molecule has 0 aliphatic heterocycles. The van der Waals surface area contributed by atoms with E-state index in [0.29, 0.717) is 17.1 Å². The molecule has 1 heterocycles. The average molecular weight is 504 g/mol. The van der Waals surface area contributed by atoms with Gasteiger partial charge in [-0.3, -0.25) is 9.59 Å². The maximum absolute atomic E-state index is 12.8. The van der Waals surface area contributed by atoms with Crippen LogP contribution in [-0.2, 0) is 9.53 Å². The van der Waals surface area contributed by atoms with E-state index in [9.17, 15) is 18.4 Å². The van der Waals surface area contributed by atoms with Crippen molar-refractivity contribution in [1.82, 2.24) is 10.3 Å². The van der Waals surface area contributed by atoms with E-state index < -0.39 is 10.5 Å². The molecule has 2 aliphatic carbocycles. The van der Waals surface area contributed by atoms with E-state index in [1.165, 1.54) is 18.3 Å². The Hall–Kier alpha value is -2.11. The molecule has 1 fully saturated rings. The second kappa shape index (κ2) is 8.50. The summed E-state index contributed by atoms with van der Waals surface area (Å²) in [7, 11) is 0. The zero-order chi connectivity index (χ0) is 20.3. The summed E-state index contributed by atoms with van der Waals surface area (Å²) in [6.07, 6.45) is 5.99. The lowest BCUT2D eigenvalue weighted by molar-refractivity contribution is -0.117. The number of carbonyl (C=O) groups excluding carboxylic acids is 2. The Kier molecular flexibility index (Phi) is 6.26. The fourth-order valence-electron chi connectivity index (χ4n) is 2.59. The standard InChI is InChI=1S/C18H19F2IN4O3/c19-18(20,21)9-28-14-6-13(14)12(7-22)8-24-16(26)11-3-4-23-15(5-11)25-17(27)10-1-2-10/h3-7,10,12-13,22H,1-2,8-9H2,(H,24,26)(H,23,25,27). The Morgan fingerprint density at radius 1 is 1.46 bits per heavy atom. The number of allylic oxidation sites excluding steroid dienone is 2. The van der Waals surface area contributed by atoms with Crippen molar-refractivity contribution < 1.29 is 23.1 Å². The van der Waals surface area contributed by atoms with Gasteiger partial charge in [-0.15, -0.1) is 0 Å². The van der Waals surface area contributed by atoms with Gasteiger partial charge in [-0.25, -0.2) is 4.98 Å². The first-order valence-electron chi connectivity index (χ1n) is 8.74. The van der Waals surface area contributed by atoms with Gasteiger partial charge >= 0.3 is 3.93 Å². The third-order valence-electron chi connectivity index (χ3n) is 4.36. The first kappa shape index (κ1) is 20.6. The van der Waals surface area contributed by atoms with Crippen molar-refractivity contribution in [2.45, 2.75) is 16.8 Å². The number of hydrogen-bond acceptors (Lipinski definition) is 5. The maximum atomic E-state index is 12.8. The summed E-state index contributed by atoms with van der Waals surface area (Å²) >= 11 is 1.00. The molecule has 0 bridgehead atoms. The summed E-state index contributed by atoms with van der Waals surface area (Å²) in [5, 5.41) is 12.9. The summed E-state index contributed by atoms with van der Waals surface area (Å²) in [5.74, 6) is -0.362. The van der Waals surface area contributed by atoms with Gasteiger partial charge in [0.15, 0.2) is 6.61 Å². The summed E-state index contributed by atoms with van der Waals surface area (Å²) in [4.78, 5) is 28.2. The predicted octanol–water partition coefficient (Wildman–Crippen LogP) is 2.98. The smallest absolute Gasteiger partial charge is 0.329 e. The van der Waals surface area contributed by atoms with Crippen molar-refractivity contribution in [3.8, 4) is 0 Å². The molecule has 0 spiro atoms. The lowest BCUT2D eigenvalue weighted by Gasteiger charge is -2.15. The van der Waals surface area contributed by atoms with Crippen molar-refractivity contribution in [1.29, 1.82) is 5.41 Å². The van der Waals surface area contributed by atoms with Crippen LogP contribution in [0.25, 0.3) is 0 Å². The largest absolute Gasteiger partial charge is 0.490 e. The Bertz CT molecular complexity index is 808. The van der Waals surface area contributed by atoms with Crippen LogP contribution < -0.4 is 10.6 Å². The van der Waals surface area contributed by atoms with E-state index >= 15 is 0 Å². The van der Waals surface area contributed by atoms with Crippen LogP contribution in [0.5, 0.6) is 0 Å². The van der Waals surface area contributed by atoms with Gasteiger partial charge in [0.25, 0.3) is 5.91 Å². The second-order valence-electron chi connectivity index (χ2n) is 6.73. The van der Waals surface area contributed by atoms with Crippen LogP contribution in [0, 0.1) is 23.2 Å². The Morgan fingerprint density at radius 3 is 2.86 bits per heavy atom. The zero-order valence-corrected chi connectivity index (χ0v) is 16.9. The van der Waals surface area contributed by atoms with E-state index in [-0.39, 0.29) is 36.1 Å². The first-order valence-corrected chi connectivity index (χ1v) is 9.81. The van der Waals surface area contributed by atoms with Crippen LogP contribution >= 0.6 is 22.6 Å². The predicted molar refractivity (Wildman–Crippen MR) is 107 cm³/mol. The summed E-state index contributed by atoms with van der Waals surface area (Å²) < 4.78 is 27.7. The van der Waals surface area contributed by atoms with Crippen LogP contribution in [0.3, 0.4) is 0 Å². The molecule has 2 atom stereocenters. The fraction of sp³-hybridized carbons (Fsp3) is 0.444. The topological polar surface area (TPSA) is 104 Å². The number of rotatable bonds is 10. The van der Waals surface area contributed by atoms with E-state index in [4.69, 9.17) is 10.1 Å². The first-order chi connectivity index (χ1) is 13.3. The second-order valence-corrected chi connectivity index (χ2v) is 8.31. The molecule has 10 heteroatoms. The van der Waals surface area contributed by atoms with Crippen molar-refractivity contribution in [2.75, 3.05) is 18.5 Å². The normalized spacial score (nSPS) is 19.2. The number of nitrogens with one attached hydrogen (secondary N) is 3. The minimum Gasteiger partial charge on any atom is -0.490 e. The maximum Gasteiger partial charge on any atom is 0.329 e.